The van der Waals surface area contributed by atoms with Crippen LogP contribution in [0.5, 0.6) is 0 Å². The first kappa shape index (κ1) is 14.1. The Bertz CT molecular complexity index is 362. The van der Waals surface area contributed by atoms with Gasteiger partial charge < -0.3 is 4.74 Å². The molecule has 0 aliphatic rings. The van der Waals surface area contributed by atoms with Gasteiger partial charge in [-0.05, 0) is 6.92 Å². The topological polar surface area (TPSA) is 80.8 Å². The van der Waals surface area contributed by atoms with E-state index < -0.39 is 19.3 Å². The van der Waals surface area contributed by atoms with Crippen LogP contribution < -0.4 is 0 Å². The Morgan fingerprint density at radius 1 is 1.29 bits per heavy atom. The summed E-state index contributed by atoms with van der Waals surface area (Å²) >= 11 is 0. The zero-order valence-electron chi connectivity index (χ0n) is 7.80. The first-order valence-electron chi connectivity index (χ1n) is 3.70. The van der Waals surface area contributed by atoms with Crippen LogP contribution in [0.15, 0.2) is 0 Å². The van der Waals surface area contributed by atoms with Crippen LogP contribution in [-0.2, 0) is 24.0 Å². The van der Waals surface area contributed by atoms with Crippen molar-refractivity contribution in [3.8, 4) is 0 Å². The molecule has 86 valence electrons. The van der Waals surface area contributed by atoms with Gasteiger partial charge in [-0.15, -0.1) is 0 Å². The summed E-state index contributed by atoms with van der Waals surface area (Å²) in [5.41, 5.74) is 0. The SMILES string of the molecule is CCS(=O)(=O)N(CCOC)S(=O)(=O)Cl. The van der Waals surface area contributed by atoms with Crippen molar-refractivity contribution < 1.29 is 21.6 Å². The van der Waals surface area contributed by atoms with Gasteiger partial charge in [-0.3, -0.25) is 0 Å². The van der Waals surface area contributed by atoms with Gasteiger partial charge in [0, 0.05) is 17.8 Å². The number of hydrogen-bond donors (Lipinski definition) is 0. The number of ether oxygens (including phenoxy) is 1. The van der Waals surface area contributed by atoms with Crippen molar-refractivity contribution in [1.29, 1.82) is 0 Å². The van der Waals surface area contributed by atoms with E-state index in [1.807, 2.05) is 0 Å². The minimum Gasteiger partial charge on any atom is -0.383 e. The number of methoxy groups -OCH3 is 1. The van der Waals surface area contributed by atoms with Crippen molar-refractivity contribution in [1.82, 2.24) is 3.71 Å². The highest BCUT2D eigenvalue weighted by atomic mass is 35.7. The molecule has 0 heterocycles. The molecular formula is C5H12ClNO5S2. The second-order valence-electron chi connectivity index (χ2n) is 2.33. The first-order valence-corrected chi connectivity index (χ1v) is 7.57. The molecule has 14 heavy (non-hydrogen) atoms. The minimum absolute atomic E-state index is 0.0365. The van der Waals surface area contributed by atoms with Crippen LogP contribution in [-0.4, -0.2) is 46.6 Å². The lowest BCUT2D eigenvalue weighted by Gasteiger charge is -2.16. The summed E-state index contributed by atoms with van der Waals surface area (Å²) in [6, 6.07) is 0. The van der Waals surface area contributed by atoms with Crippen LogP contribution in [0.1, 0.15) is 6.92 Å². The summed E-state index contributed by atoms with van der Waals surface area (Å²) in [6.45, 7) is 0.987. The number of hydrogen-bond acceptors (Lipinski definition) is 5. The lowest BCUT2D eigenvalue weighted by atomic mass is 10.7. The van der Waals surface area contributed by atoms with Gasteiger partial charge in [-0.25, -0.2) is 8.42 Å². The Labute approximate surface area is 88.4 Å². The average Bonchev–Trinajstić information content (AvgIpc) is 2.02. The molecule has 0 aromatic heterocycles. The third kappa shape index (κ3) is 4.09. The second-order valence-corrected chi connectivity index (χ2v) is 7.18. The van der Waals surface area contributed by atoms with Crippen LogP contribution >= 0.6 is 10.7 Å². The van der Waals surface area contributed by atoms with E-state index in [1.54, 1.807) is 0 Å². The van der Waals surface area contributed by atoms with Crippen molar-refractivity contribution in [3.05, 3.63) is 0 Å². The van der Waals surface area contributed by atoms with Gasteiger partial charge in [0.2, 0.25) is 10.0 Å². The Morgan fingerprint density at radius 3 is 2.07 bits per heavy atom. The largest absolute Gasteiger partial charge is 0.383 e. The van der Waals surface area contributed by atoms with Gasteiger partial charge in [0.05, 0.1) is 18.9 Å². The zero-order valence-corrected chi connectivity index (χ0v) is 10.2. The molecule has 9 heteroatoms. The van der Waals surface area contributed by atoms with E-state index in [4.69, 9.17) is 10.7 Å². The maximum atomic E-state index is 11.3. The molecule has 0 unspecified atom stereocenters. The molecule has 0 aliphatic heterocycles. The van der Waals surface area contributed by atoms with Crippen LogP contribution in [0.25, 0.3) is 0 Å². The monoisotopic (exact) mass is 265 g/mol. The van der Waals surface area contributed by atoms with Crippen molar-refractivity contribution >= 4 is 29.9 Å². The van der Waals surface area contributed by atoms with Crippen LogP contribution in [0.2, 0.25) is 0 Å². The summed E-state index contributed by atoms with van der Waals surface area (Å²) in [6.07, 6.45) is 0. The highest BCUT2D eigenvalue weighted by Crippen LogP contribution is 2.12. The van der Waals surface area contributed by atoms with E-state index in [-0.39, 0.29) is 22.6 Å². The predicted octanol–water partition coefficient (Wildman–Crippen LogP) is -0.232. The smallest absolute Gasteiger partial charge is 0.312 e. The fourth-order valence-corrected chi connectivity index (χ4v) is 4.01. The summed E-state index contributed by atoms with van der Waals surface area (Å²) in [7, 11) is -1.83. The molecule has 6 nitrogen and oxygen atoms in total. The highest BCUT2D eigenvalue weighted by molar-refractivity contribution is 8.18. The van der Waals surface area contributed by atoms with Gasteiger partial charge in [-0.2, -0.15) is 8.42 Å². The second kappa shape index (κ2) is 5.26. The number of nitrogens with zero attached hydrogens (tertiary/aromatic N) is 1. The van der Waals surface area contributed by atoms with Crippen LogP contribution in [0, 0.1) is 0 Å². The van der Waals surface area contributed by atoms with Gasteiger partial charge in [0.1, 0.15) is 0 Å². The predicted molar refractivity (Wildman–Crippen MR) is 52.8 cm³/mol. The number of halogens is 1. The molecule has 0 aromatic carbocycles. The molecule has 0 saturated heterocycles. The summed E-state index contributed by atoms with van der Waals surface area (Å²) in [5.74, 6) is -0.331. The van der Waals surface area contributed by atoms with E-state index in [1.165, 1.54) is 14.0 Å². The fourth-order valence-electron chi connectivity index (χ4n) is 0.694. The van der Waals surface area contributed by atoms with E-state index in [0.717, 1.165) is 0 Å². The summed E-state index contributed by atoms with van der Waals surface area (Å²) in [4.78, 5) is 0. The number of rotatable bonds is 6. The normalized spacial score (nSPS) is 13.4. The van der Waals surface area contributed by atoms with Gasteiger partial charge in [0.15, 0.2) is 0 Å². The highest BCUT2D eigenvalue weighted by Gasteiger charge is 2.30. The number of sulfonamides is 1. The standard InChI is InChI=1S/C5H12ClNO5S2/c1-3-13(8,9)7(4-5-12-2)14(6,10)11/h3-5H2,1-2H3. The van der Waals surface area contributed by atoms with E-state index >= 15 is 0 Å². The van der Waals surface area contributed by atoms with Gasteiger partial charge >= 0.3 is 9.24 Å². The van der Waals surface area contributed by atoms with Crippen LogP contribution in [0.4, 0.5) is 0 Å². The molecule has 0 bridgehead atoms. The maximum Gasteiger partial charge on any atom is 0.312 e. The Hall–Kier alpha value is 0.110. The van der Waals surface area contributed by atoms with Crippen LogP contribution in [0.3, 0.4) is 0 Å². The molecule has 0 aliphatic carbocycles. The Morgan fingerprint density at radius 2 is 1.79 bits per heavy atom. The van der Waals surface area contributed by atoms with Gasteiger partial charge in [0.25, 0.3) is 0 Å². The summed E-state index contributed by atoms with van der Waals surface area (Å²) in [5, 5.41) is 0. The maximum absolute atomic E-state index is 11.3. The van der Waals surface area contributed by atoms with Crippen molar-refractivity contribution in [2.75, 3.05) is 26.0 Å². The molecule has 0 spiro atoms. The third-order valence-corrected chi connectivity index (χ3v) is 5.61. The molecule has 0 amide bonds. The Balaban J connectivity index is 4.94. The molecule has 0 atom stereocenters. The lowest BCUT2D eigenvalue weighted by molar-refractivity contribution is 0.193. The van der Waals surface area contributed by atoms with Crippen molar-refractivity contribution in [2.24, 2.45) is 0 Å². The fraction of sp³-hybridized carbons (Fsp3) is 1.00. The molecule has 0 saturated carbocycles. The average molecular weight is 266 g/mol. The van der Waals surface area contributed by atoms with Crippen molar-refractivity contribution in [3.63, 3.8) is 0 Å². The molecular weight excluding hydrogens is 254 g/mol. The lowest BCUT2D eigenvalue weighted by Crippen LogP contribution is -2.37. The quantitative estimate of drug-likeness (QED) is 0.620. The van der Waals surface area contributed by atoms with E-state index in [9.17, 15) is 16.8 Å². The molecule has 0 rings (SSSR count). The van der Waals surface area contributed by atoms with Gasteiger partial charge in [-0.1, -0.05) is 3.71 Å². The minimum atomic E-state index is -4.27. The summed E-state index contributed by atoms with van der Waals surface area (Å²) < 4.78 is 49.1. The van der Waals surface area contributed by atoms with Crippen molar-refractivity contribution in [2.45, 2.75) is 6.92 Å². The Kier molecular flexibility index (Phi) is 5.31. The molecule has 0 N–H and O–H groups in total. The first-order chi connectivity index (χ1) is 6.25. The molecule has 0 fully saturated rings. The van der Waals surface area contributed by atoms with E-state index in [0.29, 0.717) is 0 Å². The third-order valence-electron chi connectivity index (χ3n) is 1.40. The van der Waals surface area contributed by atoms with E-state index in [2.05, 4.69) is 4.74 Å². The molecule has 0 radical (unpaired) electrons. The zero-order chi connectivity index (χ0) is 11.4. The molecule has 0 aromatic rings.